The van der Waals surface area contributed by atoms with E-state index in [9.17, 15) is 4.79 Å². The van der Waals surface area contributed by atoms with Gasteiger partial charge in [0.15, 0.2) is 5.82 Å². The highest BCUT2D eigenvalue weighted by atomic mass is 16.2. The highest BCUT2D eigenvalue weighted by Crippen LogP contribution is 2.18. The lowest BCUT2D eigenvalue weighted by Gasteiger charge is -2.19. The van der Waals surface area contributed by atoms with Crippen LogP contribution in [0, 0.1) is 5.41 Å². The van der Waals surface area contributed by atoms with E-state index in [0.717, 1.165) is 4.90 Å². The van der Waals surface area contributed by atoms with E-state index in [1.807, 2.05) is 25.1 Å². The van der Waals surface area contributed by atoms with Gasteiger partial charge in [0.1, 0.15) is 0 Å². The molecular formula is C15H15N7O. The smallest absolute Gasteiger partial charge is 0.269 e. The predicted octanol–water partition coefficient (Wildman–Crippen LogP) is 1.46. The van der Waals surface area contributed by atoms with Gasteiger partial charge in [-0.2, -0.15) is 5.10 Å². The van der Waals surface area contributed by atoms with Gasteiger partial charge in [0.2, 0.25) is 5.96 Å². The summed E-state index contributed by atoms with van der Waals surface area (Å²) < 4.78 is 0. The normalized spacial score (nSPS) is 10.7. The summed E-state index contributed by atoms with van der Waals surface area (Å²) in [5.41, 5.74) is 7.95. The maximum absolute atomic E-state index is 12.7. The standard InChI is InChI=1S/C15H15N7O/c1-2-10-9(7-19-21-10)14(23)22(15(16)17)13-8-18-11-5-3-4-6-12(11)20-13/h3-8H,2H2,1H3,(H3,16,17)(H,19,21). The van der Waals surface area contributed by atoms with Crippen molar-refractivity contribution in [3.8, 4) is 0 Å². The van der Waals surface area contributed by atoms with E-state index in [2.05, 4.69) is 20.2 Å². The third kappa shape index (κ3) is 2.61. The van der Waals surface area contributed by atoms with E-state index in [4.69, 9.17) is 11.1 Å². The number of hydrogen-bond acceptors (Lipinski definition) is 5. The Labute approximate surface area is 131 Å². The minimum Gasteiger partial charge on any atom is -0.369 e. The van der Waals surface area contributed by atoms with Crippen molar-refractivity contribution in [3.05, 3.63) is 47.9 Å². The molecule has 4 N–H and O–H groups in total. The van der Waals surface area contributed by atoms with Crippen molar-refractivity contribution in [2.45, 2.75) is 13.3 Å². The van der Waals surface area contributed by atoms with Crippen LogP contribution in [0.1, 0.15) is 23.0 Å². The van der Waals surface area contributed by atoms with E-state index in [1.165, 1.54) is 12.4 Å². The van der Waals surface area contributed by atoms with Crippen molar-refractivity contribution < 1.29 is 4.79 Å². The molecule has 0 aliphatic heterocycles. The molecule has 0 unspecified atom stereocenters. The molecule has 116 valence electrons. The largest absolute Gasteiger partial charge is 0.369 e. The van der Waals surface area contributed by atoms with Crippen LogP contribution in [0.3, 0.4) is 0 Å². The Morgan fingerprint density at radius 1 is 1.30 bits per heavy atom. The molecule has 1 amide bonds. The Balaban J connectivity index is 2.07. The lowest BCUT2D eigenvalue weighted by Crippen LogP contribution is -2.42. The van der Waals surface area contributed by atoms with Crippen LogP contribution in [0.15, 0.2) is 36.7 Å². The van der Waals surface area contributed by atoms with Crippen LogP contribution in [0.5, 0.6) is 0 Å². The molecule has 0 bridgehead atoms. The van der Waals surface area contributed by atoms with Crippen molar-refractivity contribution in [2.24, 2.45) is 5.73 Å². The molecule has 0 saturated heterocycles. The minimum absolute atomic E-state index is 0.199. The maximum Gasteiger partial charge on any atom is 0.269 e. The number of amides is 1. The molecular weight excluding hydrogens is 294 g/mol. The number of guanidine groups is 1. The van der Waals surface area contributed by atoms with Gasteiger partial charge < -0.3 is 5.73 Å². The molecule has 23 heavy (non-hydrogen) atoms. The number of fused-ring (bicyclic) bond motifs is 1. The zero-order valence-corrected chi connectivity index (χ0v) is 12.4. The van der Waals surface area contributed by atoms with E-state index in [1.54, 1.807) is 6.07 Å². The van der Waals surface area contributed by atoms with E-state index >= 15 is 0 Å². The number of anilines is 1. The molecule has 0 saturated carbocycles. The summed E-state index contributed by atoms with van der Waals surface area (Å²) in [6.45, 7) is 1.90. The molecule has 0 fully saturated rings. The first-order valence-electron chi connectivity index (χ1n) is 7.04. The molecule has 3 rings (SSSR count). The van der Waals surface area contributed by atoms with Crippen molar-refractivity contribution in [3.63, 3.8) is 0 Å². The molecule has 3 aromatic rings. The fourth-order valence-electron chi connectivity index (χ4n) is 2.28. The predicted molar refractivity (Wildman–Crippen MR) is 86.2 cm³/mol. The van der Waals surface area contributed by atoms with Gasteiger partial charge in [0.05, 0.1) is 29.0 Å². The number of carbonyl (C=O) groups is 1. The van der Waals surface area contributed by atoms with Gasteiger partial charge in [-0.1, -0.05) is 19.1 Å². The Morgan fingerprint density at radius 2 is 2.04 bits per heavy atom. The first-order valence-corrected chi connectivity index (χ1v) is 7.04. The number of H-pyrrole nitrogens is 1. The zero-order valence-electron chi connectivity index (χ0n) is 12.4. The first kappa shape index (κ1) is 14.6. The average molecular weight is 309 g/mol. The van der Waals surface area contributed by atoms with Crippen molar-refractivity contribution in [1.82, 2.24) is 20.2 Å². The lowest BCUT2D eigenvalue weighted by molar-refractivity contribution is 0.100. The molecule has 2 heterocycles. The van der Waals surface area contributed by atoms with E-state index in [0.29, 0.717) is 28.7 Å². The average Bonchev–Trinajstić information content (AvgIpc) is 3.03. The van der Waals surface area contributed by atoms with Crippen molar-refractivity contribution in [2.75, 3.05) is 4.90 Å². The fourth-order valence-corrected chi connectivity index (χ4v) is 2.28. The summed E-state index contributed by atoms with van der Waals surface area (Å²) in [6, 6.07) is 7.27. The van der Waals surface area contributed by atoms with Crippen LogP contribution >= 0.6 is 0 Å². The third-order valence-electron chi connectivity index (χ3n) is 3.41. The van der Waals surface area contributed by atoms with Gasteiger partial charge in [0.25, 0.3) is 5.91 Å². The number of rotatable bonds is 3. The number of nitrogens with two attached hydrogens (primary N) is 1. The molecule has 2 aromatic heterocycles. The Kier molecular flexibility index (Phi) is 3.71. The second kappa shape index (κ2) is 5.84. The first-order chi connectivity index (χ1) is 11.1. The van der Waals surface area contributed by atoms with Crippen LogP contribution in [0.2, 0.25) is 0 Å². The monoisotopic (exact) mass is 309 g/mol. The molecule has 0 aliphatic rings. The maximum atomic E-state index is 12.7. The molecule has 1 aromatic carbocycles. The summed E-state index contributed by atoms with van der Waals surface area (Å²) in [7, 11) is 0. The topological polar surface area (TPSA) is 125 Å². The van der Waals surface area contributed by atoms with Gasteiger partial charge in [-0.05, 0) is 18.6 Å². The van der Waals surface area contributed by atoms with Gasteiger partial charge in [-0.3, -0.25) is 20.3 Å². The van der Waals surface area contributed by atoms with Crippen LogP contribution in [-0.2, 0) is 6.42 Å². The molecule has 0 atom stereocenters. The quantitative estimate of drug-likeness (QED) is 0.499. The third-order valence-corrected chi connectivity index (χ3v) is 3.41. The summed E-state index contributed by atoms with van der Waals surface area (Å²) in [4.78, 5) is 22.4. The number of benzene rings is 1. The van der Waals surface area contributed by atoms with Crippen molar-refractivity contribution in [1.29, 1.82) is 5.41 Å². The number of aromatic amines is 1. The van der Waals surface area contributed by atoms with E-state index < -0.39 is 11.9 Å². The number of aromatic nitrogens is 4. The Morgan fingerprint density at radius 3 is 2.74 bits per heavy atom. The van der Waals surface area contributed by atoms with Crippen LogP contribution < -0.4 is 10.6 Å². The number of para-hydroxylation sites is 2. The minimum atomic E-state index is -0.465. The van der Waals surface area contributed by atoms with Gasteiger partial charge >= 0.3 is 0 Å². The number of nitrogens with one attached hydrogen (secondary N) is 2. The van der Waals surface area contributed by atoms with Gasteiger partial charge in [-0.15, -0.1) is 0 Å². The summed E-state index contributed by atoms with van der Waals surface area (Å²) >= 11 is 0. The zero-order chi connectivity index (χ0) is 16.4. The second-order valence-electron chi connectivity index (χ2n) is 4.86. The summed E-state index contributed by atoms with van der Waals surface area (Å²) in [5.74, 6) is -0.694. The number of nitrogens with zero attached hydrogens (tertiary/aromatic N) is 4. The molecule has 0 radical (unpaired) electrons. The highest BCUT2D eigenvalue weighted by molar-refractivity contribution is 6.20. The highest BCUT2D eigenvalue weighted by Gasteiger charge is 2.25. The fraction of sp³-hybridized carbons (Fsp3) is 0.133. The Bertz CT molecular complexity index is 886. The molecule has 8 nitrogen and oxygen atoms in total. The molecule has 8 heteroatoms. The number of aryl methyl sites for hydroxylation is 1. The molecule has 0 aliphatic carbocycles. The SMILES string of the molecule is CCc1[nH]ncc1C(=O)N(C(=N)N)c1cnc2ccccc2n1. The van der Waals surface area contributed by atoms with Crippen LogP contribution in [-0.4, -0.2) is 32.0 Å². The van der Waals surface area contributed by atoms with Gasteiger partial charge in [0, 0.05) is 5.69 Å². The van der Waals surface area contributed by atoms with Gasteiger partial charge in [-0.25, -0.2) is 9.88 Å². The number of carbonyl (C=O) groups excluding carboxylic acids is 1. The van der Waals surface area contributed by atoms with Crippen LogP contribution in [0.25, 0.3) is 11.0 Å². The molecule has 0 spiro atoms. The number of hydrogen-bond donors (Lipinski definition) is 3. The Hall–Kier alpha value is -3.29. The second-order valence-corrected chi connectivity index (χ2v) is 4.86. The summed E-state index contributed by atoms with van der Waals surface area (Å²) in [6.07, 6.45) is 3.45. The van der Waals surface area contributed by atoms with Crippen molar-refractivity contribution >= 4 is 28.7 Å². The van der Waals surface area contributed by atoms with E-state index in [-0.39, 0.29) is 5.82 Å². The lowest BCUT2D eigenvalue weighted by atomic mass is 10.2. The summed E-state index contributed by atoms with van der Waals surface area (Å²) in [5, 5.41) is 14.4. The van der Waals surface area contributed by atoms with Crippen LogP contribution in [0.4, 0.5) is 5.82 Å².